The molecule has 0 spiro atoms. The Morgan fingerprint density at radius 3 is 2.89 bits per heavy atom. The smallest absolute Gasteiger partial charge is 0.258 e. The summed E-state index contributed by atoms with van der Waals surface area (Å²) in [4.78, 5) is 11.9. The molecular weight excluding hydrogens is 242 g/mol. The van der Waals surface area contributed by atoms with Crippen LogP contribution in [0.25, 0.3) is 0 Å². The van der Waals surface area contributed by atoms with E-state index in [1.807, 2.05) is 6.92 Å². The summed E-state index contributed by atoms with van der Waals surface area (Å²) in [6.07, 6.45) is 6.98. The van der Waals surface area contributed by atoms with Crippen molar-refractivity contribution in [1.82, 2.24) is 5.32 Å². The minimum absolute atomic E-state index is 0.0436. The molecule has 1 aromatic carbocycles. The van der Waals surface area contributed by atoms with E-state index in [1.54, 1.807) is 18.2 Å². The number of nitrogens with one attached hydrogen (secondary N) is 1. The molecule has 1 amide bonds. The van der Waals surface area contributed by atoms with Crippen molar-refractivity contribution in [2.45, 2.75) is 31.7 Å². The van der Waals surface area contributed by atoms with Gasteiger partial charge in [0, 0.05) is 5.54 Å². The fourth-order valence-corrected chi connectivity index (χ4v) is 2.17. The van der Waals surface area contributed by atoms with Gasteiger partial charge in [-0.15, -0.1) is 0 Å². The fourth-order valence-electron chi connectivity index (χ4n) is 2.17. The molecule has 0 bridgehead atoms. The summed E-state index contributed by atoms with van der Waals surface area (Å²) in [5, 5.41) is 12.5. The minimum Gasteiger partial charge on any atom is -0.504 e. The van der Waals surface area contributed by atoms with Crippen molar-refractivity contribution in [3.63, 3.8) is 0 Å². The Hall–Kier alpha value is -1.97. The van der Waals surface area contributed by atoms with Crippen LogP contribution in [-0.2, 0) is 4.79 Å². The first-order valence-electron chi connectivity index (χ1n) is 6.46. The SMILES string of the molecule is CC1(NC(=O)COc2ccccc2O)CC=CCC1. The van der Waals surface area contributed by atoms with E-state index in [0.29, 0.717) is 5.75 Å². The third-order valence-electron chi connectivity index (χ3n) is 3.26. The van der Waals surface area contributed by atoms with E-state index < -0.39 is 0 Å². The zero-order valence-corrected chi connectivity index (χ0v) is 11.1. The number of benzene rings is 1. The van der Waals surface area contributed by atoms with Crippen LogP contribution in [0.2, 0.25) is 0 Å². The quantitative estimate of drug-likeness (QED) is 0.818. The summed E-state index contributed by atoms with van der Waals surface area (Å²) in [5.41, 5.74) is -0.187. The Bertz CT molecular complexity index is 484. The lowest BCUT2D eigenvalue weighted by Crippen LogP contribution is -2.48. The number of amides is 1. The van der Waals surface area contributed by atoms with Crippen LogP contribution < -0.4 is 10.1 Å². The van der Waals surface area contributed by atoms with E-state index in [-0.39, 0.29) is 23.8 Å². The zero-order valence-electron chi connectivity index (χ0n) is 11.1. The highest BCUT2D eigenvalue weighted by molar-refractivity contribution is 5.78. The number of allylic oxidation sites excluding steroid dienone is 1. The standard InChI is InChI=1S/C15H19NO3/c1-15(9-5-2-6-10-15)16-14(18)11-19-13-8-4-3-7-12(13)17/h2-5,7-8,17H,6,9-11H2,1H3,(H,16,18). The average molecular weight is 261 g/mol. The molecule has 0 heterocycles. The van der Waals surface area contributed by atoms with Crippen molar-refractivity contribution < 1.29 is 14.6 Å². The number of ether oxygens (including phenoxy) is 1. The van der Waals surface area contributed by atoms with Crippen LogP contribution in [0.5, 0.6) is 11.5 Å². The van der Waals surface area contributed by atoms with Gasteiger partial charge < -0.3 is 15.2 Å². The molecule has 0 fully saturated rings. The molecule has 19 heavy (non-hydrogen) atoms. The van der Waals surface area contributed by atoms with Gasteiger partial charge in [-0.25, -0.2) is 0 Å². The maximum absolute atomic E-state index is 11.9. The minimum atomic E-state index is -0.187. The second kappa shape index (κ2) is 5.78. The van der Waals surface area contributed by atoms with Gasteiger partial charge in [0.25, 0.3) is 5.91 Å². The molecule has 4 nitrogen and oxygen atoms in total. The van der Waals surface area contributed by atoms with E-state index in [9.17, 15) is 9.90 Å². The summed E-state index contributed by atoms with van der Waals surface area (Å²) in [6.45, 7) is 1.95. The highest BCUT2D eigenvalue weighted by Crippen LogP contribution is 2.25. The Morgan fingerprint density at radius 2 is 2.21 bits per heavy atom. The van der Waals surface area contributed by atoms with Gasteiger partial charge in [-0.05, 0) is 38.3 Å². The lowest BCUT2D eigenvalue weighted by Gasteiger charge is -2.31. The third-order valence-corrected chi connectivity index (χ3v) is 3.26. The number of carbonyl (C=O) groups excluding carboxylic acids is 1. The molecule has 4 heteroatoms. The van der Waals surface area contributed by atoms with Crippen LogP contribution in [0.1, 0.15) is 26.2 Å². The molecule has 1 unspecified atom stereocenters. The number of rotatable bonds is 4. The van der Waals surface area contributed by atoms with E-state index >= 15 is 0 Å². The predicted molar refractivity (Wildman–Crippen MR) is 73.1 cm³/mol. The summed E-state index contributed by atoms with van der Waals surface area (Å²) < 4.78 is 5.31. The number of para-hydroxylation sites is 2. The van der Waals surface area contributed by atoms with Crippen LogP contribution in [0.15, 0.2) is 36.4 Å². The molecule has 1 aromatic rings. The molecule has 0 aliphatic heterocycles. The van der Waals surface area contributed by atoms with Crippen LogP contribution in [0.3, 0.4) is 0 Å². The molecule has 2 rings (SSSR count). The van der Waals surface area contributed by atoms with Crippen molar-refractivity contribution in [1.29, 1.82) is 0 Å². The molecule has 0 saturated heterocycles. The van der Waals surface area contributed by atoms with Crippen LogP contribution in [0, 0.1) is 0 Å². The second-order valence-electron chi connectivity index (χ2n) is 5.08. The highest BCUT2D eigenvalue weighted by atomic mass is 16.5. The Morgan fingerprint density at radius 1 is 1.42 bits per heavy atom. The summed E-state index contributed by atoms with van der Waals surface area (Å²) in [5.74, 6) is 0.203. The van der Waals surface area contributed by atoms with Crippen LogP contribution in [-0.4, -0.2) is 23.2 Å². The van der Waals surface area contributed by atoms with Crippen molar-refractivity contribution in [3.8, 4) is 11.5 Å². The molecule has 1 aliphatic rings. The first-order chi connectivity index (χ1) is 9.09. The molecule has 0 radical (unpaired) electrons. The van der Waals surface area contributed by atoms with Crippen molar-refractivity contribution in [3.05, 3.63) is 36.4 Å². The van der Waals surface area contributed by atoms with Crippen LogP contribution in [0.4, 0.5) is 0 Å². The summed E-state index contributed by atoms with van der Waals surface area (Å²) >= 11 is 0. The molecule has 1 atom stereocenters. The third kappa shape index (κ3) is 3.74. The van der Waals surface area contributed by atoms with Gasteiger partial charge in [0.1, 0.15) is 0 Å². The average Bonchev–Trinajstić information content (AvgIpc) is 2.38. The number of hydrogen-bond donors (Lipinski definition) is 2. The van der Waals surface area contributed by atoms with Gasteiger partial charge in [-0.1, -0.05) is 24.3 Å². The Kier molecular flexibility index (Phi) is 4.10. The Labute approximate surface area is 113 Å². The summed E-state index contributed by atoms with van der Waals surface area (Å²) in [7, 11) is 0. The van der Waals surface area contributed by atoms with Crippen LogP contribution >= 0.6 is 0 Å². The number of carbonyl (C=O) groups is 1. The van der Waals surface area contributed by atoms with Gasteiger partial charge >= 0.3 is 0 Å². The Balaban J connectivity index is 1.85. The van der Waals surface area contributed by atoms with Gasteiger partial charge in [0.05, 0.1) is 0 Å². The predicted octanol–water partition coefficient (Wildman–Crippen LogP) is 2.39. The van der Waals surface area contributed by atoms with Gasteiger partial charge in [-0.3, -0.25) is 4.79 Å². The van der Waals surface area contributed by atoms with E-state index in [0.717, 1.165) is 19.3 Å². The fraction of sp³-hybridized carbons (Fsp3) is 0.400. The molecule has 0 saturated carbocycles. The lowest BCUT2D eigenvalue weighted by molar-refractivity contribution is -0.125. The number of phenols is 1. The van der Waals surface area contributed by atoms with Gasteiger partial charge in [-0.2, -0.15) is 0 Å². The summed E-state index contributed by atoms with van der Waals surface area (Å²) in [6, 6.07) is 6.62. The van der Waals surface area contributed by atoms with Gasteiger partial charge in [0.2, 0.25) is 0 Å². The van der Waals surface area contributed by atoms with Crippen molar-refractivity contribution >= 4 is 5.91 Å². The number of aromatic hydroxyl groups is 1. The zero-order chi connectivity index (χ0) is 13.7. The highest BCUT2D eigenvalue weighted by Gasteiger charge is 2.26. The number of phenolic OH excluding ortho intramolecular Hbond substituents is 1. The topological polar surface area (TPSA) is 58.6 Å². The lowest BCUT2D eigenvalue weighted by atomic mass is 9.87. The maximum Gasteiger partial charge on any atom is 0.258 e. The molecule has 1 aliphatic carbocycles. The van der Waals surface area contributed by atoms with Gasteiger partial charge in [0.15, 0.2) is 18.1 Å². The molecular formula is C15H19NO3. The number of hydrogen-bond acceptors (Lipinski definition) is 3. The van der Waals surface area contributed by atoms with Crippen molar-refractivity contribution in [2.75, 3.05) is 6.61 Å². The van der Waals surface area contributed by atoms with E-state index in [1.165, 1.54) is 6.07 Å². The van der Waals surface area contributed by atoms with E-state index in [2.05, 4.69) is 17.5 Å². The normalized spacial score (nSPS) is 21.9. The molecule has 2 N–H and O–H groups in total. The first kappa shape index (κ1) is 13.5. The largest absolute Gasteiger partial charge is 0.504 e. The van der Waals surface area contributed by atoms with E-state index in [4.69, 9.17) is 4.74 Å². The van der Waals surface area contributed by atoms with Crippen molar-refractivity contribution in [2.24, 2.45) is 0 Å². The monoisotopic (exact) mass is 261 g/mol. The maximum atomic E-state index is 11.9. The first-order valence-corrected chi connectivity index (χ1v) is 6.46. The molecule has 0 aromatic heterocycles. The molecule has 102 valence electrons. The second-order valence-corrected chi connectivity index (χ2v) is 5.08.